The van der Waals surface area contributed by atoms with Crippen LogP contribution in [0.2, 0.25) is 0 Å². The molecular weight excluding hydrogens is 248 g/mol. The Morgan fingerprint density at radius 2 is 1.94 bits per heavy atom. The van der Waals surface area contributed by atoms with E-state index >= 15 is 0 Å². The van der Waals surface area contributed by atoms with Crippen LogP contribution in [0.1, 0.15) is 27.2 Å². The summed E-state index contributed by atoms with van der Waals surface area (Å²) in [6.07, 6.45) is 2.57. The second kappa shape index (κ2) is 6.35. The molecule has 1 aliphatic rings. The topological polar surface area (TPSA) is 49.4 Å². The Bertz CT molecular complexity index is 346. The van der Waals surface area contributed by atoms with E-state index in [4.69, 9.17) is 0 Å². The minimum atomic E-state index is -2.83. The van der Waals surface area contributed by atoms with Crippen LogP contribution in [0.25, 0.3) is 0 Å². The summed E-state index contributed by atoms with van der Waals surface area (Å²) in [6, 6.07) is 0. The van der Waals surface area contributed by atoms with Crippen LogP contribution in [-0.4, -0.2) is 58.1 Å². The summed E-state index contributed by atoms with van der Waals surface area (Å²) in [7, 11) is -2.83. The summed E-state index contributed by atoms with van der Waals surface area (Å²) < 4.78 is 21.9. The molecule has 18 heavy (non-hydrogen) atoms. The first-order chi connectivity index (χ1) is 8.18. The van der Waals surface area contributed by atoms with Crippen LogP contribution in [0, 0.1) is 11.3 Å². The van der Waals surface area contributed by atoms with Crippen LogP contribution >= 0.6 is 0 Å². The molecule has 108 valence electrons. The molecule has 1 heterocycles. The number of sulfone groups is 1. The summed E-state index contributed by atoms with van der Waals surface area (Å²) in [5.41, 5.74) is 0.401. The van der Waals surface area contributed by atoms with Crippen LogP contribution in [-0.2, 0) is 9.84 Å². The van der Waals surface area contributed by atoms with Crippen molar-refractivity contribution in [1.82, 2.24) is 10.2 Å². The van der Waals surface area contributed by atoms with Crippen LogP contribution in [0.3, 0.4) is 0 Å². The fourth-order valence-electron chi connectivity index (χ4n) is 2.36. The van der Waals surface area contributed by atoms with Gasteiger partial charge in [-0.2, -0.15) is 0 Å². The first kappa shape index (κ1) is 15.9. The molecule has 0 amide bonds. The molecule has 0 radical (unpaired) electrons. The lowest BCUT2D eigenvalue weighted by Crippen LogP contribution is -2.33. The molecule has 1 unspecified atom stereocenters. The SMILES string of the molecule is CC(C)(C)C1CCN(CCNCCS(C)(=O)=O)C1. The van der Waals surface area contributed by atoms with Crippen molar-refractivity contribution < 1.29 is 8.42 Å². The van der Waals surface area contributed by atoms with Gasteiger partial charge < -0.3 is 10.2 Å². The van der Waals surface area contributed by atoms with Gasteiger partial charge in [0.25, 0.3) is 0 Å². The Kier molecular flexibility index (Phi) is 5.62. The number of nitrogens with zero attached hydrogens (tertiary/aromatic N) is 1. The highest BCUT2D eigenvalue weighted by Gasteiger charge is 2.31. The van der Waals surface area contributed by atoms with Crippen molar-refractivity contribution in [3.63, 3.8) is 0 Å². The molecule has 1 atom stereocenters. The molecule has 0 aromatic heterocycles. The summed E-state index contributed by atoms with van der Waals surface area (Å²) in [5.74, 6) is 1.02. The van der Waals surface area contributed by atoms with E-state index in [2.05, 4.69) is 31.0 Å². The highest BCUT2D eigenvalue weighted by molar-refractivity contribution is 7.90. The average molecular weight is 276 g/mol. The van der Waals surface area contributed by atoms with Crippen molar-refractivity contribution in [2.45, 2.75) is 27.2 Å². The molecule has 0 aromatic carbocycles. The zero-order chi connectivity index (χ0) is 13.8. The molecule has 1 rings (SSSR count). The third-order valence-electron chi connectivity index (χ3n) is 3.75. The van der Waals surface area contributed by atoms with E-state index < -0.39 is 9.84 Å². The maximum Gasteiger partial charge on any atom is 0.148 e. The molecule has 1 N–H and O–H groups in total. The van der Waals surface area contributed by atoms with E-state index in [0.717, 1.165) is 19.0 Å². The molecular formula is C13H28N2O2S. The predicted octanol–water partition coefficient (Wildman–Crippen LogP) is 0.989. The lowest BCUT2D eigenvalue weighted by atomic mass is 9.80. The largest absolute Gasteiger partial charge is 0.314 e. The molecule has 5 heteroatoms. The molecule has 0 bridgehead atoms. The lowest BCUT2D eigenvalue weighted by Gasteiger charge is -2.27. The number of rotatable bonds is 6. The quantitative estimate of drug-likeness (QED) is 0.735. The van der Waals surface area contributed by atoms with E-state index in [9.17, 15) is 8.42 Å². The van der Waals surface area contributed by atoms with Gasteiger partial charge >= 0.3 is 0 Å². The van der Waals surface area contributed by atoms with Gasteiger partial charge in [0.2, 0.25) is 0 Å². The van der Waals surface area contributed by atoms with Gasteiger partial charge in [-0.1, -0.05) is 20.8 Å². The third kappa shape index (κ3) is 6.16. The zero-order valence-corrected chi connectivity index (χ0v) is 13.0. The van der Waals surface area contributed by atoms with Gasteiger partial charge in [0.05, 0.1) is 5.75 Å². The van der Waals surface area contributed by atoms with Crippen LogP contribution in [0.5, 0.6) is 0 Å². The van der Waals surface area contributed by atoms with Gasteiger partial charge in [0, 0.05) is 32.4 Å². The minimum absolute atomic E-state index is 0.234. The molecule has 0 aromatic rings. The van der Waals surface area contributed by atoms with Gasteiger partial charge in [-0.15, -0.1) is 0 Å². The Balaban J connectivity index is 2.12. The third-order valence-corrected chi connectivity index (χ3v) is 4.70. The Hall–Kier alpha value is -0.130. The predicted molar refractivity (Wildman–Crippen MR) is 76.6 cm³/mol. The maximum atomic E-state index is 11.0. The van der Waals surface area contributed by atoms with Gasteiger partial charge in [-0.05, 0) is 24.3 Å². The van der Waals surface area contributed by atoms with E-state index in [1.54, 1.807) is 0 Å². The van der Waals surface area contributed by atoms with Crippen molar-refractivity contribution in [2.75, 3.05) is 44.7 Å². The summed E-state index contributed by atoms with van der Waals surface area (Å²) in [5, 5.41) is 3.20. The molecule has 0 saturated carbocycles. The van der Waals surface area contributed by atoms with Crippen LogP contribution < -0.4 is 5.32 Å². The number of hydrogen-bond acceptors (Lipinski definition) is 4. The fraction of sp³-hybridized carbons (Fsp3) is 1.00. The van der Waals surface area contributed by atoms with Gasteiger partial charge in [-0.3, -0.25) is 0 Å². The smallest absolute Gasteiger partial charge is 0.148 e. The molecule has 0 spiro atoms. The number of likely N-dealkylation sites (tertiary alicyclic amines) is 1. The number of nitrogens with one attached hydrogen (secondary N) is 1. The van der Waals surface area contributed by atoms with Crippen molar-refractivity contribution >= 4 is 9.84 Å². The molecule has 1 fully saturated rings. The standard InChI is InChI=1S/C13H28N2O2S/c1-13(2,3)12-5-8-15(11-12)9-6-14-7-10-18(4,16)17/h12,14H,5-11H2,1-4H3. The van der Waals surface area contributed by atoms with Crippen LogP contribution in [0.4, 0.5) is 0 Å². The monoisotopic (exact) mass is 276 g/mol. The van der Waals surface area contributed by atoms with Crippen molar-refractivity contribution in [3.05, 3.63) is 0 Å². The summed E-state index contributed by atoms with van der Waals surface area (Å²) in [6.45, 7) is 11.8. The molecule has 1 saturated heterocycles. The normalized spacial score (nSPS) is 22.6. The Morgan fingerprint density at radius 3 is 2.44 bits per heavy atom. The van der Waals surface area contributed by atoms with Gasteiger partial charge in [-0.25, -0.2) is 8.42 Å². The second-order valence-electron chi connectivity index (χ2n) is 6.53. The summed E-state index contributed by atoms with van der Waals surface area (Å²) in [4.78, 5) is 2.48. The highest BCUT2D eigenvalue weighted by Crippen LogP contribution is 2.33. The first-order valence-electron chi connectivity index (χ1n) is 6.79. The van der Waals surface area contributed by atoms with Gasteiger partial charge in [0.1, 0.15) is 9.84 Å². The Labute approximate surface area is 112 Å². The highest BCUT2D eigenvalue weighted by atomic mass is 32.2. The maximum absolute atomic E-state index is 11.0. The minimum Gasteiger partial charge on any atom is -0.314 e. The fourth-order valence-corrected chi connectivity index (χ4v) is 2.88. The van der Waals surface area contributed by atoms with Crippen molar-refractivity contribution in [1.29, 1.82) is 0 Å². The summed E-state index contributed by atoms with van der Waals surface area (Å²) >= 11 is 0. The second-order valence-corrected chi connectivity index (χ2v) is 8.79. The van der Waals surface area contributed by atoms with E-state index in [1.807, 2.05) is 0 Å². The van der Waals surface area contributed by atoms with Crippen LogP contribution in [0.15, 0.2) is 0 Å². The van der Waals surface area contributed by atoms with E-state index in [1.165, 1.54) is 25.8 Å². The average Bonchev–Trinajstić information content (AvgIpc) is 2.63. The lowest BCUT2D eigenvalue weighted by molar-refractivity contribution is 0.229. The van der Waals surface area contributed by atoms with E-state index in [0.29, 0.717) is 12.0 Å². The molecule has 1 aliphatic heterocycles. The van der Waals surface area contributed by atoms with Gasteiger partial charge in [0.15, 0.2) is 0 Å². The van der Waals surface area contributed by atoms with Crippen molar-refractivity contribution in [2.24, 2.45) is 11.3 Å². The van der Waals surface area contributed by atoms with Crippen molar-refractivity contribution in [3.8, 4) is 0 Å². The molecule has 4 nitrogen and oxygen atoms in total. The number of hydrogen-bond donors (Lipinski definition) is 1. The van der Waals surface area contributed by atoms with E-state index in [-0.39, 0.29) is 5.75 Å². The zero-order valence-electron chi connectivity index (χ0n) is 12.2. The first-order valence-corrected chi connectivity index (χ1v) is 8.85. The molecule has 0 aliphatic carbocycles. The Morgan fingerprint density at radius 1 is 1.28 bits per heavy atom.